The molecule has 158 valence electrons. The molecule has 1 fully saturated rings. The molecule has 1 N–H and O–H groups in total. The van der Waals surface area contributed by atoms with Crippen molar-refractivity contribution in [1.82, 2.24) is 19.8 Å². The average molecular weight is 465 g/mol. The second-order valence-corrected chi connectivity index (χ2v) is 10.5. The molecular weight excluding hydrogens is 444 g/mol. The Morgan fingerprint density at radius 1 is 1.30 bits per heavy atom. The van der Waals surface area contributed by atoms with Crippen molar-refractivity contribution in [3.8, 4) is 10.6 Å². The second-order valence-electron chi connectivity index (χ2n) is 6.79. The van der Waals surface area contributed by atoms with Crippen LogP contribution in [0.4, 0.5) is 0 Å². The van der Waals surface area contributed by atoms with E-state index in [1.165, 1.54) is 27.4 Å². The number of aromatic nitrogens is 2. The molecule has 1 amide bonds. The summed E-state index contributed by atoms with van der Waals surface area (Å²) >= 11 is 2.90. The number of sulfonamides is 1. The molecule has 0 aliphatic carbocycles. The van der Waals surface area contributed by atoms with Gasteiger partial charge < -0.3 is 9.84 Å². The smallest absolute Gasteiger partial charge is 0.249 e. The van der Waals surface area contributed by atoms with Gasteiger partial charge in [-0.25, -0.2) is 13.4 Å². The van der Waals surface area contributed by atoms with Crippen molar-refractivity contribution in [2.75, 3.05) is 11.6 Å². The quantitative estimate of drug-likeness (QED) is 0.598. The third-order valence-corrected chi connectivity index (χ3v) is 8.91. The van der Waals surface area contributed by atoms with Crippen molar-refractivity contribution in [3.63, 3.8) is 0 Å². The summed E-state index contributed by atoms with van der Waals surface area (Å²) in [5.41, 5.74) is 2.04. The van der Waals surface area contributed by atoms with Crippen LogP contribution in [0.2, 0.25) is 0 Å². The Balaban J connectivity index is 1.45. The fraction of sp³-hybridized carbons (Fsp3) is 0.316. The lowest BCUT2D eigenvalue weighted by atomic mass is 10.2. The summed E-state index contributed by atoms with van der Waals surface area (Å²) in [6, 6.07) is 9.01. The molecule has 4 rings (SSSR count). The largest absolute Gasteiger partial charge is 0.360 e. The van der Waals surface area contributed by atoms with E-state index in [4.69, 9.17) is 4.52 Å². The number of thiazole rings is 1. The normalized spacial score (nSPS) is 17.3. The Morgan fingerprint density at radius 3 is 2.77 bits per heavy atom. The highest BCUT2D eigenvalue weighted by molar-refractivity contribution is 8.00. The number of thioether (sulfide) groups is 1. The summed E-state index contributed by atoms with van der Waals surface area (Å²) in [5.74, 6) is 0.476. The molecule has 11 heteroatoms. The summed E-state index contributed by atoms with van der Waals surface area (Å²) in [7, 11) is -3.88. The zero-order valence-corrected chi connectivity index (χ0v) is 18.8. The van der Waals surface area contributed by atoms with Crippen LogP contribution >= 0.6 is 23.1 Å². The second kappa shape index (κ2) is 8.50. The molecule has 0 radical (unpaired) electrons. The highest BCUT2D eigenvalue weighted by Crippen LogP contribution is 2.31. The van der Waals surface area contributed by atoms with E-state index in [2.05, 4.69) is 15.5 Å². The van der Waals surface area contributed by atoms with E-state index in [1.807, 2.05) is 35.7 Å². The molecule has 8 nitrogen and oxygen atoms in total. The number of carbonyl (C=O) groups is 1. The first-order valence-corrected chi connectivity index (χ1v) is 12.7. The minimum Gasteiger partial charge on any atom is -0.360 e. The van der Waals surface area contributed by atoms with Gasteiger partial charge in [-0.05, 0) is 13.8 Å². The Labute approximate surface area is 182 Å². The molecule has 3 heterocycles. The molecule has 1 aliphatic heterocycles. The van der Waals surface area contributed by atoms with E-state index in [0.29, 0.717) is 11.4 Å². The third-order valence-electron chi connectivity index (χ3n) is 4.70. The van der Waals surface area contributed by atoms with Crippen molar-refractivity contribution in [2.24, 2.45) is 0 Å². The third kappa shape index (κ3) is 4.02. The molecule has 1 aromatic carbocycles. The van der Waals surface area contributed by atoms with Gasteiger partial charge in [-0.1, -0.05) is 35.5 Å². The number of carbonyl (C=O) groups excluding carboxylic acids is 1. The number of benzene rings is 1. The van der Waals surface area contributed by atoms with Gasteiger partial charge in [0.15, 0.2) is 5.76 Å². The molecule has 0 spiro atoms. The highest BCUT2D eigenvalue weighted by Gasteiger charge is 2.42. The van der Waals surface area contributed by atoms with Crippen molar-refractivity contribution in [1.29, 1.82) is 0 Å². The summed E-state index contributed by atoms with van der Waals surface area (Å²) < 4.78 is 32.4. The number of amides is 1. The van der Waals surface area contributed by atoms with E-state index < -0.39 is 16.1 Å². The molecule has 0 saturated carbocycles. The Morgan fingerprint density at radius 2 is 2.07 bits per heavy atom. The Kier molecular flexibility index (Phi) is 5.96. The fourth-order valence-electron chi connectivity index (χ4n) is 3.23. The van der Waals surface area contributed by atoms with Gasteiger partial charge in [0.05, 0.1) is 18.1 Å². The summed E-state index contributed by atoms with van der Waals surface area (Å²) in [5, 5.41) is 9.33. The first kappa shape index (κ1) is 21.0. The summed E-state index contributed by atoms with van der Waals surface area (Å²) in [4.78, 5) is 17.4. The Hall–Kier alpha value is -2.21. The SMILES string of the molecule is Cc1noc(C)c1S(=O)(=O)N1CSCC1C(=O)NCc1csc(-c2ccccc2)n1. The standard InChI is InChI=1S/C19H20N4O4S3/c1-12-17(13(2)27-22-12)30(25,26)23-11-28-10-16(23)18(24)20-8-15-9-29-19(21-15)14-6-4-3-5-7-14/h3-7,9,16H,8,10-11H2,1-2H3,(H,20,24). The van der Waals surface area contributed by atoms with Crippen molar-refractivity contribution in [2.45, 2.75) is 31.3 Å². The van der Waals surface area contributed by atoms with Gasteiger partial charge in [0.2, 0.25) is 15.9 Å². The molecule has 3 aromatic rings. The van der Waals surface area contributed by atoms with Crippen molar-refractivity contribution >= 4 is 39.0 Å². The van der Waals surface area contributed by atoms with Gasteiger partial charge in [-0.2, -0.15) is 4.31 Å². The molecule has 1 unspecified atom stereocenters. The zero-order valence-electron chi connectivity index (χ0n) is 16.4. The first-order valence-electron chi connectivity index (χ1n) is 9.18. The number of nitrogens with zero attached hydrogens (tertiary/aromatic N) is 3. The number of nitrogens with one attached hydrogen (secondary N) is 1. The first-order chi connectivity index (χ1) is 14.4. The van der Waals surface area contributed by atoms with Gasteiger partial charge in [0.1, 0.15) is 21.6 Å². The van der Waals surface area contributed by atoms with Gasteiger partial charge >= 0.3 is 0 Å². The van der Waals surface area contributed by atoms with Crippen LogP contribution in [-0.4, -0.2) is 46.4 Å². The zero-order chi connectivity index (χ0) is 21.3. The van der Waals surface area contributed by atoms with E-state index in [0.717, 1.165) is 16.3 Å². The maximum absolute atomic E-state index is 13.1. The van der Waals surface area contributed by atoms with Gasteiger partial charge in [-0.3, -0.25) is 4.79 Å². The summed E-state index contributed by atoms with van der Waals surface area (Å²) in [6.45, 7) is 3.37. The van der Waals surface area contributed by atoms with Crippen LogP contribution in [-0.2, 0) is 21.4 Å². The topological polar surface area (TPSA) is 105 Å². The lowest BCUT2D eigenvalue weighted by Gasteiger charge is -2.22. The van der Waals surface area contributed by atoms with Gasteiger partial charge in [0.25, 0.3) is 0 Å². The van der Waals surface area contributed by atoms with Crippen LogP contribution in [0.1, 0.15) is 17.1 Å². The van der Waals surface area contributed by atoms with Crippen LogP contribution in [0.5, 0.6) is 0 Å². The molecule has 1 atom stereocenters. The monoisotopic (exact) mass is 464 g/mol. The maximum atomic E-state index is 13.1. The van der Waals surface area contributed by atoms with Crippen LogP contribution < -0.4 is 5.32 Å². The van der Waals surface area contributed by atoms with Crippen LogP contribution in [0.15, 0.2) is 45.1 Å². The molecule has 30 heavy (non-hydrogen) atoms. The predicted molar refractivity (Wildman–Crippen MR) is 116 cm³/mol. The molecular formula is C19H20N4O4S3. The van der Waals surface area contributed by atoms with E-state index >= 15 is 0 Å². The van der Waals surface area contributed by atoms with Crippen molar-refractivity contribution in [3.05, 3.63) is 52.9 Å². The van der Waals surface area contributed by atoms with Crippen LogP contribution in [0.25, 0.3) is 10.6 Å². The average Bonchev–Trinajstić information content (AvgIpc) is 3.47. The molecule has 2 aromatic heterocycles. The van der Waals surface area contributed by atoms with Gasteiger partial charge in [0, 0.05) is 16.7 Å². The van der Waals surface area contributed by atoms with E-state index in [-0.39, 0.29) is 29.0 Å². The maximum Gasteiger partial charge on any atom is 0.249 e. The van der Waals surface area contributed by atoms with E-state index in [9.17, 15) is 13.2 Å². The fourth-order valence-corrected chi connectivity index (χ4v) is 7.50. The number of hydrogen-bond acceptors (Lipinski definition) is 8. The number of aryl methyl sites for hydroxylation is 2. The molecule has 1 aliphatic rings. The molecule has 1 saturated heterocycles. The minimum atomic E-state index is -3.88. The molecule has 0 bridgehead atoms. The van der Waals surface area contributed by atoms with Crippen LogP contribution in [0, 0.1) is 13.8 Å². The lowest BCUT2D eigenvalue weighted by molar-refractivity contribution is -0.124. The summed E-state index contributed by atoms with van der Waals surface area (Å²) in [6.07, 6.45) is 0. The minimum absolute atomic E-state index is 0.0369. The Bertz CT molecular complexity index is 1140. The number of rotatable bonds is 6. The predicted octanol–water partition coefficient (Wildman–Crippen LogP) is 2.79. The lowest BCUT2D eigenvalue weighted by Crippen LogP contribution is -2.47. The van der Waals surface area contributed by atoms with Gasteiger partial charge in [-0.15, -0.1) is 23.1 Å². The van der Waals surface area contributed by atoms with E-state index in [1.54, 1.807) is 13.8 Å². The van der Waals surface area contributed by atoms with Crippen molar-refractivity contribution < 1.29 is 17.7 Å². The highest BCUT2D eigenvalue weighted by atomic mass is 32.2. The van der Waals surface area contributed by atoms with Crippen LogP contribution in [0.3, 0.4) is 0 Å². The number of hydrogen-bond donors (Lipinski definition) is 1.